The van der Waals surface area contributed by atoms with Crippen LogP contribution in [0.15, 0.2) is 12.3 Å². The van der Waals surface area contributed by atoms with E-state index in [9.17, 15) is 4.39 Å². The molecule has 1 aliphatic rings. The van der Waals surface area contributed by atoms with E-state index in [0.29, 0.717) is 17.3 Å². The summed E-state index contributed by atoms with van der Waals surface area (Å²) < 4.78 is 14.4. The topological polar surface area (TPSA) is 56.2 Å². The van der Waals surface area contributed by atoms with Crippen LogP contribution in [0.4, 0.5) is 10.1 Å². The number of nitrogens with zero attached hydrogens (tertiary/aromatic N) is 3. The van der Waals surface area contributed by atoms with Crippen molar-refractivity contribution in [2.45, 2.75) is 18.8 Å². The molecule has 14 heavy (non-hydrogen) atoms. The molecule has 0 saturated heterocycles. The van der Waals surface area contributed by atoms with Crippen LogP contribution >= 0.6 is 0 Å². The molecular formula is C9H9FN4. The van der Waals surface area contributed by atoms with Crippen LogP contribution in [0.1, 0.15) is 24.6 Å². The van der Waals surface area contributed by atoms with Crippen LogP contribution in [-0.2, 0) is 0 Å². The van der Waals surface area contributed by atoms with Gasteiger partial charge in [0, 0.05) is 12.0 Å². The summed E-state index contributed by atoms with van der Waals surface area (Å²) in [5.41, 5.74) is 6.51. The van der Waals surface area contributed by atoms with Gasteiger partial charge in [0.15, 0.2) is 11.5 Å². The SMILES string of the molecule is Nc1cc(F)cn2nc(C3CC3)nc12. The molecule has 2 N–H and O–H groups in total. The second-order valence-electron chi connectivity index (χ2n) is 3.63. The van der Waals surface area contributed by atoms with Crippen LogP contribution in [0.2, 0.25) is 0 Å². The third-order valence-electron chi connectivity index (χ3n) is 2.39. The predicted octanol–water partition coefficient (Wildman–Crippen LogP) is 1.33. The van der Waals surface area contributed by atoms with Crippen molar-refractivity contribution in [3.63, 3.8) is 0 Å². The minimum absolute atomic E-state index is 0.337. The van der Waals surface area contributed by atoms with Gasteiger partial charge in [-0.2, -0.15) is 5.10 Å². The molecule has 2 aromatic rings. The summed E-state index contributed by atoms with van der Waals surface area (Å²) in [6, 6.07) is 1.26. The minimum atomic E-state index is -0.387. The Balaban J connectivity index is 2.26. The van der Waals surface area contributed by atoms with Gasteiger partial charge in [0.1, 0.15) is 5.82 Å². The van der Waals surface area contributed by atoms with Gasteiger partial charge in [0.25, 0.3) is 0 Å². The smallest absolute Gasteiger partial charge is 0.178 e. The lowest BCUT2D eigenvalue weighted by atomic mass is 10.4. The Morgan fingerprint density at radius 1 is 1.50 bits per heavy atom. The Labute approximate surface area is 79.6 Å². The summed E-state index contributed by atoms with van der Waals surface area (Å²) in [6.45, 7) is 0. The maximum Gasteiger partial charge on any atom is 0.178 e. The van der Waals surface area contributed by atoms with Gasteiger partial charge in [-0.05, 0) is 12.8 Å². The van der Waals surface area contributed by atoms with Crippen molar-refractivity contribution in [2.24, 2.45) is 0 Å². The standard InChI is InChI=1S/C9H9FN4/c10-6-3-7(11)9-12-8(5-1-2-5)13-14(9)4-6/h3-5H,1-2,11H2. The fourth-order valence-electron chi connectivity index (χ4n) is 1.51. The third kappa shape index (κ3) is 1.05. The molecule has 4 nitrogen and oxygen atoms in total. The highest BCUT2D eigenvalue weighted by Crippen LogP contribution is 2.38. The molecule has 2 heterocycles. The summed E-state index contributed by atoms with van der Waals surface area (Å²) in [7, 11) is 0. The molecule has 0 radical (unpaired) electrons. The van der Waals surface area contributed by atoms with Crippen molar-refractivity contribution in [3.8, 4) is 0 Å². The molecule has 1 saturated carbocycles. The average Bonchev–Trinajstić information content (AvgIpc) is 2.87. The molecule has 0 spiro atoms. The van der Waals surface area contributed by atoms with E-state index >= 15 is 0 Å². The van der Waals surface area contributed by atoms with E-state index < -0.39 is 0 Å². The van der Waals surface area contributed by atoms with Gasteiger partial charge in [-0.1, -0.05) is 0 Å². The normalized spacial score (nSPS) is 16.4. The number of hydrogen-bond donors (Lipinski definition) is 1. The molecule has 0 aromatic carbocycles. The highest BCUT2D eigenvalue weighted by atomic mass is 19.1. The molecule has 0 atom stereocenters. The number of anilines is 1. The van der Waals surface area contributed by atoms with Crippen molar-refractivity contribution < 1.29 is 4.39 Å². The van der Waals surface area contributed by atoms with Crippen LogP contribution in [0, 0.1) is 5.82 Å². The Kier molecular flexibility index (Phi) is 1.34. The molecular weight excluding hydrogens is 183 g/mol. The minimum Gasteiger partial charge on any atom is -0.396 e. The summed E-state index contributed by atoms with van der Waals surface area (Å²) in [4.78, 5) is 4.28. The zero-order valence-corrected chi connectivity index (χ0v) is 7.44. The lowest BCUT2D eigenvalue weighted by Gasteiger charge is -1.95. The summed E-state index contributed by atoms with van der Waals surface area (Å²) in [5, 5.41) is 4.18. The fourth-order valence-corrected chi connectivity index (χ4v) is 1.51. The first-order valence-corrected chi connectivity index (χ1v) is 4.55. The number of rotatable bonds is 1. The first kappa shape index (κ1) is 7.73. The van der Waals surface area contributed by atoms with Gasteiger partial charge >= 0.3 is 0 Å². The van der Waals surface area contributed by atoms with Gasteiger partial charge in [-0.25, -0.2) is 13.9 Å². The monoisotopic (exact) mass is 192 g/mol. The second-order valence-corrected chi connectivity index (χ2v) is 3.63. The van der Waals surface area contributed by atoms with Gasteiger partial charge in [-0.3, -0.25) is 0 Å². The number of hydrogen-bond acceptors (Lipinski definition) is 3. The number of fused-ring (bicyclic) bond motifs is 1. The van der Waals surface area contributed by atoms with Crippen LogP contribution in [0.5, 0.6) is 0 Å². The van der Waals surface area contributed by atoms with Crippen LogP contribution in [-0.4, -0.2) is 14.6 Å². The number of nitrogens with two attached hydrogens (primary N) is 1. The van der Waals surface area contributed by atoms with Gasteiger partial charge in [0.05, 0.1) is 11.9 Å². The van der Waals surface area contributed by atoms with Crippen LogP contribution in [0.3, 0.4) is 0 Å². The Hall–Kier alpha value is -1.65. The predicted molar refractivity (Wildman–Crippen MR) is 49.3 cm³/mol. The second kappa shape index (κ2) is 2.43. The van der Waals surface area contributed by atoms with Crippen molar-refractivity contribution in [2.75, 3.05) is 5.73 Å². The van der Waals surface area contributed by atoms with E-state index in [1.54, 1.807) is 0 Å². The van der Waals surface area contributed by atoms with Crippen molar-refractivity contribution in [1.82, 2.24) is 14.6 Å². The fraction of sp³-hybridized carbons (Fsp3) is 0.333. The molecule has 5 heteroatoms. The maximum atomic E-state index is 13.0. The van der Waals surface area contributed by atoms with Crippen molar-refractivity contribution in [1.29, 1.82) is 0 Å². The highest BCUT2D eigenvalue weighted by Gasteiger charge is 2.28. The van der Waals surface area contributed by atoms with E-state index in [0.717, 1.165) is 18.7 Å². The molecule has 0 amide bonds. The zero-order valence-electron chi connectivity index (χ0n) is 7.44. The molecule has 1 fully saturated rings. The average molecular weight is 192 g/mol. The number of aromatic nitrogens is 3. The van der Waals surface area contributed by atoms with E-state index in [4.69, 9.17) is 5.73 Å². The third-order valence-corrected chi connectivity index (χ3v) is 2.39. The summed E-state index contributed by atoms with van der Waals surface area (Å²) in [6.07, 6.45) is 3.54. The summed E-state index contributed by atoms with van der Waals surface area (Å²) >= 11 is 0. The highest BCUT2D eigenvalue weighted by molar-refractivity contribution is 5.63. The number of halogens is 1. The Morgan fingerprint density at radius 3 is 3.00 bits per heavy atom. The van der Waals surface area contributed by atoms with Gasteiger partial charge < -0.3 is 5.73 Å². The molecule has 2 aromatic heterocycles. The Bertz CT molecular complexity index is 501. The number of pyridine rings is 1. The molecule has 3 rings (SSSR count). The van der Waals surface area contributed by atoms with E-state index in [-0.39, 0.29) is 5.82 Å². The lowest BCUT2D eigenvalue weighted by molar-refractivity contribution is 0.615. The van der Waals surface area contributed by atoms with Crippen molar-refractivity contribution >= 4 is 11.3 Å². The molecule has 72 valence electrons. The molecule has 0 aliphatic heterocycles. The largest absolute Gasteiger partial charge is 0.396 e. The van der Waals surface area contributed by atoms with Crippen LogP contribution in [0.25, 0.3) is 5.65 Å². The quantitative estimate of drug-likeness (QED) is 0.741. The van der Waals surface area contributed by atoms with Crippen LogP contribution < -0.4 is 5.73 Å². The molecule has 1 aliphatic carbocycles. The first-order chi connectivity index (χ1) is 6.74. The van der Waals surface area contributed by atoms with E-state index in [1.165, 1.54) is 16.8 Å². The zero-order chi connectivity index (χ0) is 9.71. The summed E-state index contributed by atoms with van der Waals surface area (Å²) in [5.74, 6) is 0.849. The maximum absolute atomic E-state index is 13.0. The lowest BCUT2D eigenvalue weighted by Crippen LogP contribution is -1.95. The van der Waals surface area contributed by atoms with Gasteiger partial charge in [0.2, 0.25) is 0 Å². The van der Waals surface area contributed by atoms with Crippen molar-refractivity contribution in [3.05, 3.63) is 23.9 Å². The molecule has 0 bridgehead atoms. The number of nitrogen functional groups attached to an aromatic ring is 1. The van der Waals surface area contributed by atoms with E-state index in [1.807, 2.05) is 0 Å². The van der Waals surface area contributed by atoms with E-state index in [2.05, 4.69) is 10.1 Å². The molecule has 0 unspecified atom stereocenters. The Morgan fingerprint density at radius 2 is 2.29 bits per heavy atom. The van der Waals surface area contributed by atoms with Gasteiger partial charge in [-0.15, -0.1) is 0 Å². The first-order valence-electron chi connectivity index (χ1n) is 4.55.